The fraction of sp³-hybridized carbons (Fsp3) is 0.529. The lowest BCUT2D eigenvalue weighted by atomic mass is 9.84. The van der Waals surface area contributed by atoms with Crippen molar-refractivity contribution in [2.45, 2.75) is 51.7 Å². The molecule has 1 amide bonds. The maximum absolute atomic E-state index is 12.6. The molecule has 1 aliphatic heterocycles. The molecule has 4 nitrogen and oxygen atoms in total. The Labute approximate surface area is 136 Å². The number of nitrogens with zero attached hydrogens (tertiary/aromatic N) is 2. The lowest BCUT2D eigenvalue weighted by Gasteiger charge is -2.37. The van der Waals surface area contributed by atoms with Crippen LogP contribution in [0.5, 0.6) is 0 Å². The third kappa shape index (κ3) is 3.11. The first-order valence-electron chi connectivity index (χ1n) is 7.52. The highest BCUT2D eigenvalue weighted by atomic mass is 35.5. The lowest BCUT2D eigenvalue weighted by molar-refractivity contribution is -0.137. The zero-order valence-corrected chi connectivity index (χ0v) is 14.0. The van der Waals surface area contributed by atoms with Crippen LogP contribution in [0.4, 0.5) is 0 Å². The van der Waals surface area contributed by atoms with Gasteiger partial charge in [0.15, 0.2) is 0 Å². The van der Waals surface area contributed by atoms with E-state index in [0.29, 0.717) is 5.02 Å². The minimum Gasteiger partial charge on any atom is -0.330 e. The number of rotatable bonds is 3. The van der Waals surface area contributed by atoms with Gasteiger partial charge in [-0.3, -0.25) is 4.79 Å². The summed E-state index contributed by atoms with van der Waals surface area (Å²) < 4.78 is 0. The van der Waals surface area contributed by atoms with E-state index in [4.69, 9.17) is 17.3 Å². The molecular formula is C17H22ClN3O. The lowest BCUT2D eigenvalue weighted by Crippen LogP contribution is -2.50. The normalized spacial score (nSPS) is 23.2. The van der Waals surface area contributed by atoms with Crippen molar-refractivity contribution < 1.29 is 4.79 Å². The van der Waals surface area contributed by atoms with Gasteiger partial charge in [0.05, 0.1) is 29.6 Å². The maximum atomic E-state index is 12.6. The monoisotopic (exact) mass is 319 g/mol. The molecule has 0 saturated carbocycles. The van der Waals surface area contributed by atoms with Crippen LogP contribution in [0.3, 0.4) is 0 Å². The highest BCUT2D eigenvalue weighted by Crippen LogP contribution is 2.43. The Kier molecular flexibility index (Phi) is 4.79. The van der Waals surface area contributed by atoms with Gasteiger partial charge in [0.1, 0.15) is 0 Å². The number of carbonyl (C=O) groups is 1. The van der Waals surface area contributed by atoms with E-state index in [-0.39, 0.29) is 18.0 Å². The van der Waals surface area contributed by atoms with Gasteiger partial charge in [0.2, 0.25) is 5.91 Å². The molecule has 0 spiro atoms. The van der Waals surface area contributed by atoms with Crippen LogP contribution >= 0.6 is 11.6 Å². The number of benzene rings is 1. The second kappa shape index (κ2) is 6.28. The van der Waals surface area contributed by atoms with Gasteiger partial charge in [0.25, 0.3) is 0 Å². The highest BCUT2D eigenvalue weighted by molar-refractivity contribution is 6.30. The summed E-state index contributed by atoms with van der Waals surface area (Å²) in [6.07, 6.45) is 1.60. The molecule has 0 radical (unpaired) electrons. The number of halogens is 1. The predicted octanol–water partition coefficient (Wildman–Crippen LogP) is 3.27. The minimum absolute atomic E-state index is 0.0742. The smallest absolute Gasteiger partial charge is 0.240 e. The van der Waals surface area contributed by atoms with Crippen molar-refractivity contribution in [2.75, 3.05) is 0 Å². The Balaban J connectivity index is 2.43. The molecule has 5 heteroatoms. The number of hydrogen-bond acceptors (Lipinski definition) is 3. The largest absolute Gasteiger partial charge is 0.330 e. The van der Waals surface area contributed by atoms with Crippen molar-refractivity contribution in [3.05, 3.63) is 34.9 Å². The van der Waals surface area contributed by atoms with Crippen LogP contribution in [-0.2, 0) is 4.79 Å². The molecule has 2 rings (SSSR count). The molecule has 1 unspecified atom stereocenters. The Morgan fingerprint density at radius 2 is 2.18 bits per heavy atom. The van der Waals surface area contributed by atoms with Crippen LogP contribution in [0.1, 0.15) is 45.2 Å². The van der Waals surface area contributed by atoms with Crippen LogP contribution in [0.2, 0.25) is 5.02 Å². The van der Waals surface area contributed by atoms with Crippen molar-refractivity contribution in [1.29, 1.82) is 5.26 Å². The molecule has 1 saturated heterocycles. The van der Waals surface area contributed by atoms with Gasteiger partial charge in [-0.1, -0.05) is 23.7 Å². The molecule has 1 aromatic carbocycles. The van der Waals surface area contributed by atoms with Gasteiger partial charge < -0.3 is 10.6 Å². The molecule has 1 aliphatic rings. The van der Waals surface area contributed by atoms with Crippen LogP contribution in [-0.4, -0.2) is 22.9 Å². The fourth-order valence-corrected chi connectivity index (χ4v) is 3.38. The Morgan fingerprint density at radius 3 is 2.73 bits per heavy atom. The molecular weight excluding hydrogens is 298 g/mol. The second-order valence-electron chi connectivity index (χ2n) is 6.53. The molecule has 3 atom stereocenters. The summed E-state index contributed by atoms with van der Waals surface area (Å²) in [5.41, 5.74) is 6.22. The van der Waals surface area contributed by atoms with Crippen LogP contribution in [0.15, 0.2) is 24.3 Å². The van der Waals surface area contributed by atoms with Crippen molar-refractivity contribution in [2.24, 2.45) is 11.1 Å². The van der Waals surface area contributed by atoms with Gasteiger partial charge in [-0.15, -0.1) is 0 Å². The third-order valence-electron chi connectivity index (χ3n) is 4.38. The Hall–Kier alpha value is -1.57. The maximum Gasteiger partial charge on any atom is 0.240 e. The zero-order chi connectivity index (χ0) is 16.5. The number of nitrogens with two attached hydrogens (primary N) is 1. The van der Waals surface area contributed by atoms with Gasteiger partial charge in [-0.25, -0.2) is 0 Å². The summed E-state index contributed by atoms with van der Waals surface area (Å²) in [6, 6.07) is 9.08. The average Bonchev–Trinajstić information content (AvgIpc) is 2.91. The van der Waals surface area contributed by atoms with Crippen LogP contribution < -0.4 is 5.73 Å². The van der Waals surface area contributed by atoms with Crippen LogP contribution in [0.25, 0.3) is 0 Å². The minimum atomic E-state index is -0.613. The van der Waals surface area contributed by atoms with Gasteiger partial charge in [0, 0.05) is 5.02 Å². The molecule has 1 aromatic rings. The van der Waals surface area contributed by atoms with E-state index in [0.717, 1.165) is 18.4 Å². The van der Waals surface area contributed by atoms with E-state index >= 15 is 0 Å². The topological polar surface area (TPSA) is 70.1 Å². The molecule has 118 valence electrons. The molecule has 1 heterocycles. The van der Waals surface area contributed by atoms with Crippen molar-refractivity contribution in [3.8, 4) is 6.07 Å². The molecule has 22 heavy (non-hydrogen) atoms. The summed E-state index contributed by atoms with van der Waals surface area (Å²) in [4.78, 5) is 14.5. The van der Waals surface area contributed by atoms with Crippen LogP contribution in [0, 0.1) is 16.7 Å². The summed E-state index contributed by atoms with van der Waals surface area (Å²) in [5.74, 6) is -0.115. The summed E-state index contributed by atoms with van der Waals surface area (Å²) >= 11 is 6.09. The molecule has 1 fully saturated rings. The number of nitriles is 1. The highest BCUT2D eigenvalue weighted by Gasteiger charge is 2.45. The van der Waals surface area contributed by atoms with Gasteiger partial charge >= 0.3 is 0 Å². The van der Waals surface area contributed by atoms with E-state index in [1.54, 1.807) is 11.8 Å². The van der Waals surface area contributed by atoms with E-state index in [1.807, 2.05) is 38.1 Å². The molecule has 2 N–H and O–H groups in total. The van der Waals surface area contributed by atoms with Crippen molar-refractivity contribution >= 4 is 17.5 Å². The Bertz CT molecular complexity index is 606. The fourth-order valence-electron chi connectivity index (χ4n) is 3.18. The molecule has 0 bridgehead atoms. The second-order valence-corrected chi connectivity index (χ2v) is 6.97. The summed E-state index contributed by atoms with van der Waals surface area (Å²) in [7, 11) is 0. The summed E-state index contributed by atoms with van der Waals surface area (Å²) in [6.45, 7) is 5.44. The van der Waals surface area contributed by atoms with E-state index < -0.39 is 11.5 Å². The van der Waals surface area contributed by atoms with Gasteiger partial charge in [-0.2, -0.15) is 5.26 Å². The van der Waals surface area contributed by atoms with E-state index in [9.17, 15) is 10.1 Å². The van der Waals surface area contributed by atoms with E-state index in [1.165, 1.54) is 0 Å². The van der Waals surface area contributed by atoms with Crippen molar-refractivity contribution in [1.82, 2.24) is 4.90 Å². The average molecular weight is 320 g/mol. The van der Waals surface area contributed by atoms with Gasteiger partial charge in [-0.05, 0) is 51.3 Å². The predicted molar refractivity (Wildman–Crippen MR) is 87.1 cm³/mol. The number of likely N-dealkylation sites (tertiary alicyclic amines) is 1. The summed E-state index contributed by atoms with van der Waals surface area (Å²) in [5, 5.41) is 10.1. The van der Waals surface area contributed by atoms with E-state index in [2.05, 4.69) is 6.07 Å². The molecule has 0 aliphatic carbocycles. The first kappa shape index (κ1) is 16.8. The Morgan fingerprint density at radius 1 is 1.50 bits per heavy atom. The standard InChI is InChI=1S/C17H22ClN3O/c1-11(20)16(22)21-14(12-5-4-6-13(18)9-12)7-8-15(21)17(2,3)10-19/h4-6,9,11,14-15H,7-8,20H2,1-3H3/t11?,14-,15+/m0/s1. The number of carbonyl (C=O) groups excluding carboxylic acids is 1. The quantitative estimate of drug-likeness (QED) is 0.929. The first-order valence-corrected chi connectivity index (χ1v) is 7.90. The SMILES string of the molecule is CC(N)C(=O)N1[C@H](c2cccc(Cl)c2)CC[C@@H]1C(C)(C)C#N. The molecule has 0 aromatic heterocycles. The third-order valence-corrected chi connectivity index (χ3v) is 4.62. The number of amides is 1. The van der Waals surface area contributed by atoms with Crippen molar-refractivity contribution in [3.63, 3.8) is 0 Å². The number of hydrogen-bond donors (Lipinski definition) is 1. The zero-order valence-electron chi connectivity index (χ0n) is 13.2. The first-order chi connectivity index (χ1) is 10.3.